The Labute approximate surface area is 175 Å². The van der Waals surface area contributed by atoms with Gasteiger partial charge in [0.25, 0.3) is 0 Å². The van der Waals surface area contributed by atoms with Crippen molar-refractivity contribution in [3.05, 3.63) is 66.2 Å². The Bertz CT molecular complexity index is 931. The van der Waals surface area contributed by atoms with Crippen LogP contribution in [0.2, 0.25) is 0 Å². The first kappa shape index (κ1) is 22.0. The first-order chi connectivity index (χ1) is 14.3. The summed E-state index contributed by atoms with van der Waals surface area (Å²) in [5.41, 5.74) is 5.21. The van der Waals surface area contributed by atoms with Gasteiger partial charge in [-0.15, -0.1) is 0 Å². The lowest BCUT2D eigenvalue weighted by Gasteiger charge is -2.24. The van der Waals surface area contributed by atoms with Crippen molar-refractivity contribution >= 4 is 0 Å². The number of oxazole rings is 1. The van der Waals surface area contributed by atoms with Crippen molar-refractivity contribution < 1.29 is 30.2 Å². The number of aromatic nitrogens is 1. The molecule has 0 aliphatic rings. The molecule has 0 saturated heterocycles. The highest BCUT2D eigenvalue weighted by molar-refractivity contribution is 5.59. The number of nitrogens with zero attached hydrogens (tertiary/aromatic N) is 1. The molecule has 0 radical (unpaired) electrons. The van der Waals surface area contributed by atoms with E-state index in [9.17, 15) is 15.3 Å². The molecule has 30 heavy (non-hydrogen) atoms. The van der Waals surface area contributed by atoms with Gasteiger partial charge in [-0.25, -0.2) is 4.98 Å². The number of hydrogen-bond donors (Lipinski definition) is 4. The van der Waals surface area contributed by atoms with Crippen LogP contribution in [-0.4, -0.2) is 39.1 Å². The van der Waals surface area contributed by atoms with E-state index >= 15 is 0 Å². The van der Waals surface area contributed by atoms with Gasteiger partial charge in [-0.05, 0) is 42.0 Å². The predicted molar refractivity (Wildman–Crippen MR) is 112 cm³/mol. The van der Waals surface area contributed by atoms with E-state index in [0.29, 0.717) is 23.0 Å². The van der Waals surface area contributed by atoms with E-state index in [4.69, 9.17) is 9.15 Å². The van der Waals surface area contributed by atoms with Gasteiger partial charge in [0.05, 0.1) is 6.10 Å². The second kappa shape index (κ2) is 9.40. The molecule has 1 heterocycles. The molecule has 3 aromatic rings. The summed E-state index contributed by atoms with van der Waals surface area (Å²) in [6.45, 7) is 3.47. The Hall–Kier alpha value is -2.71. The lowest BCUT2D eigenvalue weighted by Crippen LogP contribution is -2.77. The smallest absolute Gasteiger partial charge is 0.197 e. The van der Waals surface area contributed by atoms with Crippen LogP contribution >= 0.6 is 0 Å². The Morgan fingerprint density at radius 3 is 2.07 bits per heavy atom. The standard InChI is InChI=1S/C23H28N2O5/c1-15(2)22-25-20(12-29-22)16-3-7-18(8-4-16)30-19-9-5-17(6-10-19)21(28)11-23(24,13-26)14-27/h3-10,12,15,21,26-28H,11,13-14,24H2,1-2H3/p+1. The van der Waals surface area contributed by atoms with Crippen LogP contribution in [-0.2, 0) is 0 Å². The van der Waals surface area contributed by atoms with Crippen LogP contribution in [0.1, 0.15) is 43.7 Å². The number of aliphatic hydroxyl groups is 3. The van der Waals surface area contributed by atoms with Crippen molar-refractivity contribution in [1.82, 2.24) is 4.98 Å². The first-order valence-electron chi connectivity index (χ1n) is 9.92. The van der Waals surface area contributed by atoms with E-state index in [2.05, 4.69) is 10.7 Å². The van der Waals surface area contributed by atoms with Crippen LogP contribution in [0.15, 0.2) is 59.2 Å². The Morgan fingerprint density at radius 2 is 1.57 bits per heavy atom. The van der Waals surface area contributed by atoms with Crippen LogP contribution in [0.25, 0.3) is 11.3 Å². The Kier molecular flexibility index (Phi) is 6.89. The summed E-state index contributed by atoms with van der Waals surface area (Å²) in [6.07, 6.45) is 0.972. The van der Waals surface area contributed by atoms with Gasteiger partial charge in [-0.2, -0.15) is 0 Å². The zero-order chi connectivity index (χ0) is 21.7. The summed E-state index contributed by atoms with van der Waals surface area (Å²) in [4.78, 5) is 4.49. The average molecular weight is 413 g/mol. The Balaban J connectivity index is 1.64. The van der Waals surface area contributed by atoms with Gasteiger partial charge in [0.15, 0.2) is 5.89 Å². The van der Waals surface area contributed by atoms with Crippen LogP contribution < -0.4 is 10.5 Å². The van der Waals surface area contributed by atoms with E-state index in [-0.39, 0.29) is 25.6 Å². The number of quaternary nitrogens is 1. The van der Waals surface area contributed by atoms with Gasteiger partial charge >= 0.3 is 0 Å². The minimum atomic E-state index is -0.976. The quantitative estimate of drug-likeness (QED) is 0.428. The summed E-state index contributed by atoms with van der Waals surface area (Å²) in [7, 11) is 0. The first-order valence-corrected chi connectivity index (χ1v) is 9.92. The second-order valence-corrected chi connectivity index (χ2v) is 7.96. The minimum Gasteiger partial charge on any atom is -0.457 e. The SMILES string of the molecule is CC(C)c1nc(-c2ccc(Oc3ccc(C(O)CC([NH3+])(CO)CO)cc3)cc2)co1. The van der Waals surface area contributed by atoms with E-state index in [1.165, 1.54) is 0 Å². The highest BCUT2D eigenvalue weighted by Crippen LogP contribution is 2.28. The zero-order valence-corrected chi connectivity index (χ0v) is 17.3. The molecule has 1 atom stereocenters. The molecule has 1 unspecified atom stereocenters. The highest BCUT2D eigenvalue weighted by Gasteiger charge is 2.31. The maximum Gasteiger partial charge on any atom is 0.197 e. The Morgan fingerprint density at radius 1 is 1.00 bits per heavy atom. The number of benzene rings is 2. The van der Waals surface area contributed by atoms with Crippen molar-refractivity contribution in [2.24, 2.45) is 0 Å². The summed E-state index contributed by atoms with van der Waals surface area (Å²) in [5, 5.41) is 29.0. The van der Waals surface area contributed by atoms with Gasteiger partial charge in [-0.1, -0.05) is 26.0 Å². The maximum absolute atomic E-state index is 10.4. The molecule has 6 N–H and O–H groups in total. The molecular weight excluding hydrogens is 384 g/mol. The van der Waals surface area contributed by atoms with E-state index in [1.54, 1.807) is 30.5 Å². The predicted octanol–water partition coefficient (Wildman–Crippen LogP) is 2.65. The molecule has 1 aromatic heterocycles. The molecule has 0 aliphatic heterocycles. The van der Waals surface area contributed by atoms with Crippen molar-refractivity contribution in [1.29, 1.82) is 0 Å². The van der Waals surface area contributed by atoms with Crippen LogP contribution in [0, 0.1) is 0 Å². The van der Waals surface area contributed by atoms with Crippen molar-refractivity contribution in [2.75, 3.05) is 13.2 Å². The van der Waals surface area contributed by atoms with Crippen LogP contribution in [0.5, 0.6) is 11.5 Å². The van der Waals surface area contributed by atoms with E-state index < -0.39 is 11.6 Å². The lowest BCUT2D eigenvalue weighted by molar-refractivity contribution is -0.494. The summed E-state index contributed by atoms with van der Waals surface area (Å²) >= 11 is 0. The molecule has 0 bridgehead atoms. The summed E-state index contributed by atoms with van der Waals surface area (Å²) in [5.74, 6) is 2.26. The van der Waals surface area contributed by atoms with Crippen molar-refractivity contribution in [3.8, 4) is 22.8 Å². The monoisotopic (exact) mass is 413 g/mol. The molecular formula is C23H29N2O5+. The number of hydrogen-bond acceptors (Lipinski definition) is 6. The molecule has 3 rings (SSSR count). The molecule has 160 valence electrons. The molecule has 0 fully saturated rings. The average Bonchev–Trinajstić information content (AvgIpc) is 3.25. The van der Waals surface area contributed by atoms with Crippen molar-refractivity contribution in [2.45, 2.75) is 37.8 Å². The second-order valence-electron chi connectivity index (χ2n) is 7.96. The molecule has 0 spiro atoms. The van der Waals surface area contributed by atoms with Gasteiger partial charge in [-0.3, -0.25) is 0 Å². The third-order valence-electron chi connectivity index (χ3n) is 4.96. The van der Waals surface area contributed by atoms with Gasteiger partial charge in [0.2, 0.25) is 0 Å². The lowest BCUT2D eigenvalue weighted by atomic mass is 9.92. The zero-order valence-electron chi connectivity index (χ0n) is 17.3. The van der Waals surface area contributed by atoms with Crippen LogP contribution in [0.3, 0.4) is 0 Å². The molecule has 7 nitrogen and oxygen atoms in total. The maximum atomic E-state index is 10.4. The van der Waals surface area contributed by atoms with Gasteiger partial charge < -0.3 is 30.2 Å². The molecule has 0 aliphatic carbocycles. The molecule has 2 aromatic carbocycles. The van der Waals surface area contributed by atoms with E-state index in [1.807, 2.05) is 38.1 Å². The third kappa shape index (κ3) is 5.25. The largest absolute Gasteiger partial charge is 0.457 e. The molecule has 0 amide bonds. The molecule has 0 saturated carbocycles. The highest BCUT2D eigenvalue weighted by atomic mass is 16.5. The van der Waals surface area contributed by atoms with Gasteiger partial charge in [0.1, 0.15) is 42.2 Å². The van der Waals surface area contributed by atoms with Crippen molar-refractivity contribution in [3.63, 3.8) is 0 Å². The molecule has 7 heteroatoms. The fraction of sp³-hybridized carbons (Fsp3) is 0.348. The van der Waals surface area contributed by atoms with Gasteiger partial charge in [0, 0.05) is 17.9 Å². The third-order valence-corrected chi connectivity index (χ3v) is 4.96. The topological polar surface area (TPSA) is 124 Å². The minimum absolute atomic E-state index is 0.155. The fourth-order valence-electron chi connectivity index (χ4n) is 2.98. The fourth-order valence-corrected chi connectivity index (χ4v) is 2.98. The number of rotatable bonds is 9. The number of ether oxygens (including phenoxy) is 1. The summed E-state index contributed by atoms with van der Waals surface area (Å²) < 4.78 is 11.4. The van der Waals surface area contributed by atoms with E-state index in [0.717, 1.165) is 11.3 Å². The number of aliphatic hydroxyl groups excluding tert-OH is 3. The van der Waals surface area contributed by atoms with Crippen LogP contribution in [0.4, 0.5) is 0 Å². The normalized spacial score (nSPS) is 12.9. The summed E-state index contributed by atoms with van der Waals surface area (Å²) in [6, 6.07) is 14.6.